The lowest BCUT2D eigenvalue weighted by atomic mass is 9.73. The van der Waals surface area contributed by atoms with Gasteiger partial charge < -0.3 is 9.47 Å². The van der Waals surface area contributed by atoms with Crippen LogP contribution in [-0.2, 0) is 5.41 Å². The van der Waals surface area contributed by atoms with Gasteiger partial charge in [-0.15, -0.1) is 0 Å². The first kappa shape index (κ1) is 24.9. The highest BCUT2D eigenvalue weighted by Crippen LogP contribution is 2.56. The average Bonchev–Trinajstić information content (AvgIpc) is 2.53. The van der Waals surface area contributed by atoms with E-state index in [2.05, 4.69) is 0 Å². The van der Waals surface area contributed by atoms with Crippen molar-refractivity contribution in [2.24, 2.45) is 0 Å². The van der Waals surface area contributed by atoms with Crippen LogP contribution in [0, 0.1) is 0 Å². The molecule has 2 aromatic carbocycles. The maximum absolute atomic E-state index is 14.2. The fraction of sp³-hybridized carbons (Fsp3) is 0.478. The van der Waals surface area contributed by atoms with E-state index < -0.39 is 40.1 Å². The van der Waals surface area contributed by atoms with Crippen molar-refractivity contribution in [3.05, 3.63) is 59.7 Å². The number of alkyl halides is 6. The quantitative estimate of drug-likeness (QED) is 0.452. The molecule has 172 valence electrons. The summed E-state index contributed by atoms with van der Waals surface area (Å²) in [6.45, 7) is 10.3. The highest BCUT2D eigenvalue weighted by Gasteiger charge is 2.72. The molecular weight excluding hydrogens is 422 g/mol. The number of benzene rings is 2. The molecular formula is C23H26F6O2. The predicted molar refractivity (Wildman–Crippen MR) is 107 cm³/mol. The normalized spacial score (nSPS) is 13.8. The molecule has 0 aliphatic heterocycles. The summed E-state index contributed by atoms with van der Waals surface area (Å²) in [4.78, 5) is 0. The van der Waals surface area contributed by atoms with Crippen LogP contribution in [0.4, 0.5) is 26.3 Å². The van der Waals surface area contributed by atoms with E-state index in [-0.39, 0.29) is 11.5 Å². The summed E-state index contributed by atoms with van der Waals surface area (Å²) < 4.78 is 96.3. The molecule has 0 spiro atoms. The van der Waals surface area contributed by atoms with Crippen molar-refractivity contribution in [1.29, 1.82) is 0 Å². The molecule has 8 heteroatoms. The number of hydrogen-bond donors (Lipinski definition) is 0. The van der Waals surface area contributed by atoms with E-state index in [1.54, 1.807) is 41.5 Å². The molecule has 0 atom stereocenters. The van der Waals surface area contributed by atoms with Gasteiger partial charge in [-0.05, 0) is 76.9 Å². The summed E-state index contributed by atoms with van der Waals surface area (Å²) in [5, 5.41) is 0. The molecule has 0 unspecified atom stereocenters. The zero-order valence-electron chi connectivity index (χ0n) is 18.2. The molecule has 0 aliphatic rings. The van der Waals surface area contributed by atoms with Gasteiger partial charge >= 0.3 is 12.4 Å². The first-order chi connectivity index (χ1) is 13.9. The Labute approximate surface area is 178 Å². The summed E-state index contributed by atoms with van der Waals surface area (Å²) in [5.74, 6) is 0.340. The average molecular weight is 448 g/mol. The topological polar surface area (TPSA) is 18.5 Å². The summed E-state index contributed by atoms with van der Waals surface area (Å²) >= 11 is 0. The van der Waals surface area contributed by atoms with Gasteiger partial charge in [0.1, 0.15) is 22.7 Å². The lowest BCUT2D eigenvalue weighted by Crippen LogP contribution is -2.54. The SMILES string of the molecule is CC(C)(C)Oc1ccc(C(c2ccc(OC(C)(C)C)cc2)(C(F)(F)F)C(F)(F)F)cc1. The Bertz CT molecular complexity index is 792. The van der Waals surface area contributed by atoms with Gasteiger partial charge in [-0.25, -0.2) is 0 Å². The van der Waals surface area contributed by atoms with Crippen LogP contribution >= 0.6 is 0 Å². The van der Waals surface area contributed by atoms with Crippen LogP contribution in [0.2, 0.25) is 0 Å². The van der Waals surface area contributed by atoms with Gasteiger partial charge in [-0.1, -0.05) is 24.3 Å². The van der Waals surface area contributed by atoms with Gasteiger partial charge in [-0.3, -0.25) is 0 Å². The van der Waals surface area contributed by atoms with Crippen LogP contribution in [0.5, 0.6) is 11.5 Å². The van der Waals surface area contributed by atoms with Crippen LogP contribution in [-0.4, -0.2) is 23.6 Å². The molecule has 0 aromatic heterocycles. The molecule has 2 aromatic rings. The van der Waals surface area contributed by atoms with Crippen molar-refractivity contribution >= 4 is 0 Å². The maximum Gasteiger partial charge on any atom is 0.411 e. The molecule has 0 N–H and O–H groups in total. The van der Waals surface area contributed by atoms with E-state index >= 15 is 0 Å². The Morgan fingerprint density at radius 1 is 0.484 bits per heavy atom. The summed E-state index contributed by atoms with van der Waals surface area (Å²) in [6, 6.07) is 7.69. The zero-order valence-corrected chi connectivity index (χ0v) is 18.2. The molecule has 0 fully saturated rings. The largest absolute Gasteiger partial charge is 0.488 e. The van der Waals surface area contributed by atoms with E-state index in [1.807, 2.05) is 0 Å². The molecule has 31 heavy (non-hydrogen) atoms. The van der Waals surface area contributed by atoms with E-state index in [9.17, 15) is 26.3 Å². The van der Waals surface area contributed by atoms with Crippen molar-refractivity contribution in [3.63, 3.8) is 0 Å². The second-order valence-corrected chi connectivity index (χ2v) is 9.22. The van der Waals surface area contributed by atoms with Gasteiger partial charge in [0.2, 0.25) is 5.41 Å². The standard InChI is InChI=1S/C23H26F6O2/c1-19(2,3)30-17-11-7-15(8-12-17)21(22(24,25)26,23(27,28)29)16-9-13-18(14-10-16)31-20(4,5)6/h7-14H,1-6H3. The lowest BCUT2D eigenvalue weighted by Gasteiger charge is -2.38. The molecule has 0 saturated carbocycles. The predicted octanol–water partition coefficient (Wildman–Crippen LogP) is 7.45. The molecule has 0 heterocycles. The Balaban J connectivity index is 2.66. The second kappa shape index (κ2) is 7.95. The van der Waals surface area contributed by atoms with Gasteiger partial charge in [0, 0.05) is 0 Å². The van der Waals surface area contributed by atoms with Crippen LogP contribution in [0.25, 0.3) is 0 Å². The monoisotopic (exact) mass is 448 g/mol. The van der Waals surface area contributed by atoms with Crippen LogP contribution < -0.4 is 9.47 Å². The van der Waals surface area contributed by atoms with Crippen molar-refractivity contribution in [2.45, 2.75) is 70.5 Å². The van der Waals surface area contributed by atoms with Crippen LogP contribution in [0.1, 0.15) is 52.7 Å². The van der Waals surface area contributed by atoms with Gasteiger partial charge in [-0.2, -0.15) is 26.3 Å². The van der Waals surface area contributed by atoms with E-state index in [0.29, 0.717) is 0 Å². The summed E-state index contributed by atoms with van der Waals surface area (Å²) in [6.07, 6.45) is -11.3. The smallest absolute Gasteiger partial charge is 0.411 e. The fourth-order valence-corrected chi connectivity index (χ4v) is 3.24. The lowest BCUT2D eigenvalue weighted by molar-refractivity contribution is -0.288. The van der Waals surface area contributed by atoms with Crippen molar-refractivity contribution < 1.29 is 35.8 Å². The third-order valence-corrected chi connectivity index (χ3v) is 4.27. The Morgan fingerprint density at radius 3 is 0.935 bits per heavy atom. The summed E-state index contributed by atoms with van der Waals surface area (Å²) in [7, 11) is 0. The molecule has 0 bridgehead atoms. The van der Waals surface area contributed by atoms with Crippen LogP contribution in [0.3, 0.4) is 0 Å². The maximum atomic E-state index is 14.2. The molecule has 0 amide bonds. The molecule has 0 radical (unpaired) electrons. The third kappa shape index (κ3) is 5.46. The molecule has 2 nitrogen and oxygen atoms in total. The Hall–Kier alpha value is -2.38. The number of halogens is 6. The third-order valence-electron chi connectivity index (χ3n) is 4.27. The minimum atomic E-state index is -5.65. The number of rotatable bonds is 4. The van der Waals surface area contributed by atoms with Crippen molar-refractivity contribution in [1.82, 2.24) is 0 Å². The van der Waals surface area contributed by atoms with Crippen molar-refractivity contribution in [3.8, 4) is 11.5 Å². The highest BCUT2D eigenvalue weighted by molar-refractivity contribution is 5.47. The Morgan fingerprint density at radius 2 is 0.742 bits per heavy atom. The zero-order chi connectivity index (χ0) is 23.9. The minimum Gasteiger partial charge on any atom is -0.488 e. The van der Waals surface area contributed by atoms with Crippen molar-refractivity contribution in [2.75, 3.05) is 0 Å². The number of ether oxygens (including phenoxy) is 2. The summed E-state index contributed by atoms with van der Waals surface area (Å²) in [5.41, 5.74) is -7.41. The van der Waals surface area contributed by atoms with E-state index in [0.717, 1.165) is 48.5 Å². The van der Waals surface area contributed by atoms with E-state index in [4.69, 9.17) is 9.47 Å². The first-order valence-corrected chi connectivity index (χ1v) is 9.59. The van der Waals surface area contributed by atoms with Gasteiger partial charge in [0.25, 0.3) is 0 Å². The fourth-order valence-electron chi connectivity index (χ4n) is 3.24. The highest BCUT2D eigenvalue weighted by atomic mass is 19.4. The van der Waals surface area contributed by atoms with E-state index in [1.165, 1.54) is 0 Å². The first-order valence-electron chi connectivity index (χ1n) is 9.59. The second-order valence-electron chi connectivity index (χ2n) is 9.22. The van der Waals surface area contributed by atoms with Gasteiger partial charge in [0.05, 0.1) is 0 Å². The molecule has 0 saturated heterocycles. The minimum absolute atomic E-state index is 0.170. The van der Waals surface area contributed by atoms with Gasteiger partial charge in [0.15, 0.2) is 0 Å². The molecule has 2 rings (SSSR count). The van der Waals surface area contributed by atoms with Crippen LogP contribution in [0.15, 0.2) is 48.5 Å². The number of hydrogen-bond acceptors (Lipinski definition) is 2. The molecule has 0 aliphatic carbocycles. The Kier molecular flexibility index (Phi) is 6.38.